The van der Waals surface area contributed by atoms with Gasteiger partial charge in [-0.1, -0.05) is 37.3 Å². The summed E-state index contributed by atoms with van der Waals surface area (Å²) in [6.07, 6.45) is 0. The molecule has 4 nitrogen and oxygen atoms in total. The van der Waals surface area contributed by atoms with Crippen molar-refractivity contribution >= 4 is 28.4 Å². The van der Waals surface area contributed by atoms with Gasteiger partial charge in [-0.15, -0.1) is 0 Å². The van der Waals surface area contributed by atoms with Crippen LogP contribution in [0.1, 0.15) is 18.7 Å². The van der Waals surface area contributed by atoms with Gasteiger partial charge in [-0.2, -0.15) is 0 Å². The Bertz CT molecular complexity index is 560. The monoisotopic (exact) mass is 369 g/mol. The zero-order valence-electron chi connectivity index (χ0n) is 10.9. The minimum absolute atomic E-state index is 0.117. The van der Waals surface area contributed by atoms with Gasteiger partial charge >= 0.3 is 0 Å². The molecule has 100 valence electrons. The summed E-state index contributed by atoms with van der Waals surface area (Å²) in [5.74, 6) is 1.36. The highest BCUT2D eigenvalue weighted by atomic mass is 127. The molecule has 2 rings (SSSR count). The maximum atomic E-state index is 5.99. The average molecular weight is 369 g/mol. The molecule has 0 fully saturated rings. The van der Waals surface area contributed by atoms with Crippen LogP contribution in [0.3, 0.4) is 0 Å². The fourth-order valence-electron chi connectivity index (χ4n) is 1.81. The Morgan fingerprint density at radius 2 is 1.95 bits per heavy atom. The molecular formula is C14H16IN3O. The molecule has 1 aromatic heterocycles. The Labute approximate surface area is 126 Å². The lowest BCUT2D eigenvalue weighted by Gasteiger charge is -2.13. The first-order chi connectivity index (χ1) is 9.13. The van der Waals surface area contributed by atoms with E-state index in [4.69, 9.17) is 10.5 Å². The molecule has 5 heteroatoms. The van der Waals surface area contributed by atoms with Gasteiger partial charge in [-0.3, -0.25) is 0 Å². The molecule has 2 N–H and O–H groups in total. The average Bonchev–Trinajstić information content (AvgIpc) is 2.43. The number of anilines is 1. The van der Waals surface area contributed by atoms with E-state index in [2.05, 4.69) is 32.6 Å². The number of halogens is 1. The Morgan fingerprint density at radius 3 is 2.58 bits per heavy atom. The van der Waals surface area contributed by atoms with Crippen molar-refractivity contribution < 1.29 is 4.74 Å². The van der Waals surface area contributed by atoms with Gasteiger partial charge in [0.15, 0.2) is 0 Å². The van der Waals surface area contributed by atoms with E-state index in [1.54, 1.807) is 7.11 Å². The van der Waals surface area contributed by atoms with Crippen LogP contribution in [0.2, 0.25) is 0 Å². The molecule has 0 aliphatic carbocycles. The number of nitrogens with two attached hydrogens (primary N) is 1. The van der Waals surface area contributed by atoms with E-state index in [0.29, 0.717) is 12.4 Å². The third kappa shape index (κ3) is 3.22. The lowest BCUT2D eigenvalue weighted by atomic mass is 10.1. The van der Waals surface area contributed by atoms with Gasteiger partial charge in [0.2, 0.25) is 0 Å². The number of benzene rings is 1. The molecule has 2 aromatic rings. The molecular weight excluding hydrogens is 353 g/mol. The number of ether oxygens (including phenoxy) is 1. The molecule has 0 saturated heterocycles. The molecule has 0 spiro atoms. The molecule has 1 heterocycles. The minimum Gasteiger partial charge on any atom is -0.384 e. The quantitative estimate of drug-likeness (QED) is 0.842. The molecule has 1 atom stereocenters. The second-order valence-electron chi connectivity index (χ2n) is 4.35. The number of methoxy groups -OCH3 is 1. The summed E-state index contributed by atoms with van der Waals surface area (Å²) < 4.78 is 6.04. The SMILES string of the molecule is COCC(C)c1nc(N)c(I)c(-c2ccccc2)n1. The highest BCUT2D eigenvalue weighted by molar-refractivity contribution is 14.1. The standard InChI is InChI=1S/C14H16IN3O/c1-9(8-19-2)14-17-12(11(15)13(16)18-14)10-6-4-3-5-7-10/h3-7,9H,8H2,1-2H3,(H2,16,17,18). The predicted molar refractivity (Wildman–Crippen MR) is 84.9 cm³/mol. The maximum Gasteiger partial charge on any atom is 0.141 e. The number of nitrogen functional groups attached to an aromatic ring is 1. The summed E-state index contributed by atoms with van der Waals surface area (Å²) in [5, 5.41) is 0. The highest BCUT2D eigenvalue weighted by Gasteiger charge is 2.15. The Balaban J connectivity index is 2.49. The molecule has 0 saturated carbocycles. The van der Waals surface area contributed by atoms with Gasteiger partial charge in [0.25, 0.3) is 0 Å². The first-order valence-corrected chi connectivity index (χ1v) is 7.08. The molecule has 1 aromatic carbocycles. The van der Waals surface area contributed by atoms with Gasteiger partial charge in [0, 0.05) is 18.6 Å². The molecule has 0 aliphatic heterocycles. The first kappa shape index (κ1) is 14.2. The van der Waals surface area contributed by atoms with Gasteiger partial charge in [0.05, 0.1) is 15.9 Å². The van der Waals surface area contributed by atoms with E-state index in [1.807, 2.05) is 37.3 Å². The third-order valence-electron chi connectivity index (χ3n) is 2.80. The summed E-state index contributed by atoms with van der Waals surface area (Å²) in [6, 6.07) is 10.0. The molecule has 0 radical (unpaired) electrons. The van der Waals surface area contributed by atoms with Crippen molar-refractivity contribution in [3.63, 3.8) is 0 Å². The van der Waals surface area contributed by atoms with E-state index in [1.165, 1.54) is 0 Å². The van der Waals surface area contributed by atoms with Crippen molar-refractivity contribution in [2.75, 3.05) is 19.5 Å². The second kappa shape index (κ2) is 6.29. The van der Waals surface area contributed by atoms with Crippen LogP contribution in [0.25, 0.3) is 11.3 Å². The van der Waals surface area contributed by atoms with Crippen LogP contribution in [0.15, 0.2) is 30.3 Å². The number of rotatable bonds is 4. The summed E-state index contributed by atoms with van der Waals surface area (Å²) >= 11 is 2.19. The van der Waals surface area contributed by atoms with Crippen molar-refractivity contribution in [2.45, 2.75) is 12.8 Å². The lowest BCUT2D eigenvalue weighted by molar-refractivity contribution is 0.181. The van der Waals surface area contributed by atoms with Crippen LogP contribution in [0.5, 0.6) is 0 Å². The Kier molecular flexibility index (Phi) is 4.71. The molecule has 1 unspecified atom stereocenters. The van der Waals surface area contributed by atoms with Crippen molar-refractivity contribution in [1.29, 1.82) is 0 Å². The van der Waals surface area contributed by atoms with Gasteiger partial charge in [-0.25, -0.2) is 9.97 Å². The van der Waals surface area contributed by atoms with Crippen LogP contribution in [0.4, 0.5) is 5.82 Å². The summed E-state index contributed by atoms with van der Waals surface area (Å²) in [4.78, 5) is 9.00. The van der Waals surface area contributed by atoms with Crippen molar-refractivity contribution in [3.05, 3.63) is 39.7 Å². The molecule has 19 heavy (non-hydrogen) atoms. The van der Waals surface area contributed by atoms with Gasteiger partial charge in [0.1, 0.15) is 11.6 Å². The zero-order chi connectivity index (χ0) is 13.8. The summed E-state index contributed by atoms with van der Waals surface area (Å²) in [5.41, 5.74) is 7.92. The van der Waals surface area contributed by atoms with E-state index < -0.39 is 0 Å². The van der Waals surface area contributed by atoms with Crippen molar-refractivity contribution in [2.24, 2.45) is 0 Å². The van der Waals surface area contributed by atoms with Crippen LogP contribution < -0.4 is 5.73 Å². The highest BCUT2D eigenvalue weighted by Crippen LogP contribution is 2.28. The number of hydrogen-bond acceptors (Lipinski definition) is 4. The fraction of sp³-hybridized carbons (Fsp3) is 0.286. The smallest absolute Gasteiger partial charge is 0.141 e. The normalized spacial score (nSPS) is 12.4. The van der Waals surface area contributed by atoms with Crippen LogP contribution in [-0.4, -0.2) is 23.7 Å². The van der Waals surface area contributed by atoms with Crippen LogP contribution in [-0.2, 0) is 4.74 Å². The number of hydrogen-bond donors (Lipinski definition) is 1. The predicted octanol–water partition coefficient (Wildman–Crippen LogP) is 3.08. The summed E-state index contributed by atoms with van der Waals surface area (Å²) in [6.45, 7) is 2.61. The summed E-state index contributed by atoms with van der Waals surface area (Å²) in [7, 11) is 1.67. The molecule has 0 aliphatic rings. The van der Waals surface area contributed by atoms with Crippen molar-refractivity contribution in [1.82, 2.24) is 9.97 Å². The van der Waals surface area contributed by atoms with Crippen molar-refractivity contribution in [3.8, 4) is 11.3 Å². The van der Waals surface area contributed by atoms with E-state index >= 15 is 0 Å². The number of aromatic nitrogens is 2. The van der Waals surface area contributed by atoms with Crippen LogP contribution >= 0.6 is 22.6 Å². The van der Waals surface area contributed by atoms with E-state index in [9.17, 15) is 0 Å². The molecule has 0 amide bonds. The lowest BCUT2D eigenvalue weighted by Crippen LogP contribution is -2.11. The molecule has 0 bridgehead atoms. The van der Waals surface area contributed by atoms with E-state index in [0.717, 1.165) is 20.7 Å². The first-order valence-electron chi connectivity index (χ1n) is 6.00. The van der Waals surface area contributed by atoms with Gasteiger partial charge < -0.3 is 10.5 Å². The topological polar surface area (TPSA) is 61.0 Å². The zero-order valence-corrected chi connectivity index (χ0v) is 13.1. The Hall–Kier alpha value is -1.21. The second-order valence-corrected chi connectivity index (χ2v) is 5.43. The van der Waals surface area contributed by atoms with Crippen LogP contribution in [0, 0.1) is 3.57 Å². The van der Waals surface area contributed by atoms with E-state index in [-0.39, 0.29) is 5.92 Å². The van der Waals surface area contributed by atoms with Gasteiger partial charge in [-0.05, 0) is 22.6 Å². The minimum atomic E-state index is 0.117. The number of nitrogens with zero attached hydrogens (tertiary/aromatic N) is 2. The fourth-order valence-corrected chi connectivity index (χ4v) is 2.37. The third-order valence-corrected chi connectivity index (χ3v) is 3.86. The Morgan fingerprint density at radius 1 is 1.26 bits per heavy atom. The largest absolute Gasteiger partial charge is 0.384 e. The maximum absolute atomic E-state index is 5.99.